The van der Waals surface area contributed by atoms with Crippen molar-refractivity contribution in [3.8, 4) is 0 Å². The molecule has 0 spiro atoms. The van der Waals surface area contributed by atoms with Crippen molar-refractivity contribution in [2.45, 2.75) is 25.3 Å². The topological polar surface area (TPSA) is 66.5 Å². The van der Waals surface area contributed by atoms with Crippen LogP contribution < -0.4 is 5.32 Å². The molecule has 2 rings (SSSR count). The first-order chi connectivity index (χ1) is 7.57. The summed E-state index contributed by atoms with van der Waals surface area (Å²) in [6.07, 6.45) is 2.92. The third kappa shape index (κ3) is 3.45. The van der Waals surface area contributed by atoms with E-state index in [2.05, 4.69) is 5.32 Å². The van der Waals surface area contributed by atoms with Crippen molar-refractivity contribution in [3.63, 3.8) is 0 Å². The lowest BCUT2D eigenvalue weighted by atomic mass is 10.3. The van der Waals surface area contributed by atoms with Crippen LogP contribution in [-0.2, 0) is 14.6 Å². The summed E-state index contributed by atoms with van der Waals surface area (Å²) < 4.78 is 22.4. The maximum Gasteiger partial charge on any atom is 0.223 e. The molecule has 0 atom stereocenters. The Morgan fingerprint density at radius 2 is 1.88 bits per heavy atom. The molecule has 2 fully saturated rings. The van der Waals surface area contributed by atoms with Gasteiger partial charge in [0.05, 0.1) is 11.5 Å². The molecule has 1 aliphatic carbocycles. The molecule has 6 heteroatoms. The van der Waals surface area contributed by atoms with Gasteiger partial charge in [-0.25, -0.2) is 8.42 Å². The van der Waals surface area contributed by atoms with Gasteiger partial charge in [0.25, 0.3) is 0 Å². The maximum absolute atomic E-state index is 11.7. The molecular formula is C10H18N2O3S. The van der Waals surface area contributed by atoms with Crippen LogP contribution in [0.1, 0.15) is 19.3 Å². The van der Waals surface area contributed by atoms with Gasteiger partial charge in [-0.2, -0.15) is 0 Å². The summed E-state index contributed by atoms with van der Waals surface area (Å²) >= 11 is 0. The minimum Gasteiger partial charge on any atom is -0.341 e. The van der Waals surface area contributed by atoms with Gasteiger partial charge < -0.3 is 10.2 Å². The van der Waals surface area contributed by atoms with Gasteiger partial charge in [-0.15, -0.1) is 0 Å². The van der Waals surface area contributed by atoms with Crippen LogP contribution in [0.2, 0.25) is 0 Å². The molecule has 0 unspecified atom stereocenters. The first-order valence-electron chi connectivity index (χ1n) is 5.78. The Hall–Kier alpha value is -0.620. The molecule has 5 nitrogen and oxygen atoms in total. The first-order valence-corrected chi connectivity index (χ1v) is 7.60. The van der Waals surface area contributed by atoms with Gasteiger partial charge in [0.15, 0.2) is 9.84 Å². The number of nitrogens with zero attached hydrogens (tertiary/aromatic N) is 1. The zero-order valence-electron chi connectivity index (χ0n) is 9.31. The van der Waals surface area contributed by atoms with Crippen LogP contribution in [0.3, 0.4) is 0 Å². The van der Waals surface area contributed by atoms with Gasteiger partial charge in [0.2, 0.25) is 5.91 Å². The Balaban J connectivity index is 1.68. The van der Waals surface area contributed by atoms with Gasteiger partial charge in [0, 0.05) is 32.1 Å². The third-order valence-corrected chi connectivity index (χ3v) is 4.66. The van der Waals surface area contributed by atoms with E-state index in [-0.39, 0.29) is 17.4 Å². The monoisotopic (exact) mass is 246 g/mol. The van der Waals surface area contributed by atoms with E-state index in [9.17, 15) is 13.2 Å². The van der Waals surface area contributed by atoms with Crippen LogP contribution in [0.4, 0.5) is 0 Å². The van der Waals surface area contributed by atoms with E-state index in [0.29, 0.717) is 32.1 Å². The molecule has 92 valence electrons. The number of hydrogen-bond donors (Lipinski definition) is 1. The quantitative estimate of drug-likeness (QED) is 0.718. The number of carbonyl (C=O) groups excluding carboxylic acids is 1. The van der Waals surface area contributed by atoms with Crippen LogP contribution in [0, 0.1) is 0 Å². The lowest BCUT2D eigenvalue weighted by Crippen LogP contribution is -2.44. The summed E-state index contributed by atoms with van der Waals surface area (Å²) in [4.78, 5) is 13.4. The Labute approximate surface area is 96.1 Å². The molecule has 0 radical (unpaired) electrons. The molecule has 1 N–H and O–H groups in total. The third-order valence-electron chi connectivity index (χ3n) is 3.05. The number of nitrogens with one attached hydrogen (secondary N) is 1. The average Bonchev–Trinajstić information content (AvgIpc) is 3.01. The van der Waals surface area contributed by atoms with Crippen LogP contribution in [-0.4, -0.2) is 56.4 Å². The summed E-state index contributed by atoms with van der Waals surface area (Å²) in [5, 5.41) is 3.28. The van der Waals surface area contributed by atoms with E-state index < -0.39 is 9.84 Å². The highest BCUT2D eigenvalue weighted by Gasteiger charge is 2.25. The second-order valence-corrected chi connectivity index (χ2v) is 6.81. The Morgan fingerprint density at radius 3 is 2.44 bits per heavy atom. The van der Waals surface area contributed by atoms with Gasteiger partial charge in [-0.3, -0.25) is 4.79 Å². The van der Waals surface area contributed by atoms with Crippen molar-refractivity contribution in [3.05, 3.63) is 0 Å². The van der Waals surface area contributed by atoms with Crippen molar-refractivity contribution in [1.29, 1.82) is 0 Å². The van der Waals surface area contributed by atoms with E-state index in [1.807, 2.05) is 0 Å². The number of sulfone groups is 1. The van der Waals surface area contributed by atoms with Crippen molar-refractivity contribution >= 4 is 15.7 Å². The second kappa shape index (κ2) is 4.71. The van der Waals surface area contributed by atoms with Crippen LogP contribution in [0.5, 0.6) is 0 Å². The van der Waals surface area contributed by atoms with Crippen LogP contribution in [0.25, 0.3) is 0 Å². The molecule has 1 saturated heterocycles. The molecule has 1 heterocycles. The van der Waals surface area contributed by atoms with E-state index in [1.165, 1.54) is 12.8 Å². The molecule has 0 aromatic rings. The molecule has 1 aliphatic heterocycles. The Kier molecular flexibility index (Phi) is 3.49. The largest absolute Gasteiger partial charge is 0.341 e. The van der Waals surface area contributed by atoms with E-state index >= 15 is 0 Å². The molecule has 16 heavy (non-hydrogen) atoms. The predicted octanol–water partition coefficient (Wildman–Crippen LogP) is -0.614. The average molecular weight is 246 g/mol. The standard InChI is InChI=1S/C10H18N2O3S/c13-10(3-4-11-9-1-2-9)12-5-7-16(14,15)8-6-12/h9,11H,1-8H2. The molecule has 2 aliphatic rings. The SMILES string of the molecule is O=C(CCNC1CC1)N1CCS(=O)(=O)CC1. The molecular weight excluding hydrogens is 228 g/mol. The smallest absolute Gasteiger partial charge is 0.223 e. The highest BCUT2D eigenvalue weighted by Crippen LogP contribution is 2.18. The number of carbonyl (C=O) groups is 1. The fourth-order valence-corrected chi connectivity index (χ4v) is 2.99. The zero-order valence-corrected chi connectivity index (χ0v) is 10.1. The molecule has 0 bridgehead atoms. The van der Waals surface area contributed by atoms with Crippen LogP contribution >= 0.6 is 0 Å². The lowest BCUT2D eigenvalue weighted by Gasteiger charge is -2.26. The van der Waals surface area contributed by atoms with Crippen LogP contribution in [0.15, 0.2) is 0 Å². The number of amides is 1. The fraction of sp³-hybridized carbons (Fsp3) is 0.900. The van der Waals surface area contributed by atoms with E-state index in [1.54, 1.807) is 4.90 Å². The van der Waals surface area contributed by atoms with E-state index in [0.717, 1.165) is 0 Å². The number of rotatable bonds is 4. The normalized spacial score (nSPS) is 24.4. The van der Waals surface area contributed by atoms with Crippen molar-refractivity contribution in [2.75, 3.05) is 31.1 Å². The highest BCUT2D eigenvalue weighted by molar-refractivity contribution is 7.91. The Bertz CT molecular complexity index is 348. The summed E-state index contributed by atoms with van der Waals surface area (Å²) in [6, 6.07) is 0.620. The van der Waals surface area contributed by atoms with E-state index in [4.69, 9.17) is 0 Å². The summed E-state index contributed by atoms with van der Waals surface area (Å²) in [7, 11) is -2.88. The molecule has 1 saturated carbocycles. The fourth-order valence-electron chi connectivity index (χ4n) is 1.79. The van der Waals surface area contributed by atoms with Crippen molar-refractivity contribution < 1.29 is 13.2 Å². The zero-order chi connectivity index (χ0) is 11.6. The lowest BCUT2D eigenvalue weighted by molar-refractivity contribution is -0.130. The molecule has 0 aromatic carbocycles. The van der Waals surface area contributed by atoms with Gasteiger partial charge in [-0.05, 0) is 12.8 Å². The molecule has 1 amide bonds. The van der Waals surface area contributed by atoms with Gasteiger partial charge in [-0.1, -0.05) is 0 Å². The maximum atomic E-state index is 11.7. The minimum absolute atomic E-state index is 0.0723. The minimum atomic E-state index is -2.88. The molecule has 0 aromatic heterocycles. The summed E-state index contributed by atoms with van der Waals surface area (Å²) in [5.74, 6) is 0.312. The number of hydrogen-bond acceptors (Lipinski definition) is 4. The summed E-state index contributed by atoms with van der Waals surface area (Å²) in [6.45, 7) is 1.45. The van der Waals surface area contributed by atoms with Gasteiger partial charge >= 0.3 is 0 Å². The second-order valence-electron chi connectivity index (χ2n) is 4.51. The highest BCUT2D eigenvalue weighted by atomic mass is 32.2. The first kappa shape index (κ1) is 11.9. The van der Waals surface area contributed by atoms with Crippen molar-refractivity contribution in [1.82, 2.24) is 10.2 Å². The van der Waals surface area contributed by atoms with Gasteiger partial charge in [0.1, 0.15) is 0 Å². The van der Waals surface area contributed by atoms with Crippen molar-refractivity contribution in [2.24, 2.45) is 0 Å². The Morgan fingerprint density at radius 1 is 1.25 bits per heavy atom. The summed E-state index contributed by atoms with van der Waals surface area (Å²) in [5.41, 5.74) is 0. The predicted molar refractivity (Wildman–Crippen MR) is 60.9 cm³/mol.